The van der Waals surface area contributed by atoms with Crippen LogP contribution in [-0.2, 0) is 0 Å². The highest BCUT2D eigenvalue weighted by Crippen LogP contribution is 2.58. The molecule has 0 saturated carbocycles. The van der Waals surface area contributed by atoms with Crippen molar-refractivity contribution in [2.24, 2.45) is 0 Å². The molecule has 0 aliphatic carbocycles. The Balaban J connectivity index is 0.951. The van der Waals surface area contributed by atoms with Crippen LogP contribution in [0.25, 0.3) is 22.3 Å². The van der Waals surface area contributed by atoms with Crippen LogP contribution >= 0.6 is 11.3 Å². The Morgan fingerprint density at radius 3 is 1.00 bits per heavy atom. The predicted octanol–water partition coefficient (Wildman–Crippen LogP) is 11.6. The third kappa shape index (κ3) is 4.77. The van der Waals surface area contributed by atoms with E-state index in [1.54, 1.807) is 0 Å². The highest BCUT2D eigenvalue weighted by atomic mass is 32.1. The van der Waals surface area contributed by atoms with Gasteiger partial charge in [0.15, 0.2) is 0 Å². The normalized spacial score (nSPS) is 14.0. The summed E-state index contributed by atoms with van der Waals surface area (Å²) in [6.45, 7) is 0.125. The molecular weight excluding hydrogens is 806 g/mol. The standard InChI is InChI=1S/C58H36B2N4S/c1-3-15-37(16-4-1)39-29-33-41(34-30-39)61-45-21-9-7-19-43(45)59-53-49(61)25-13-27-51(53)63-47-23-11-12-24-48(47)64-52-28-14-26-50-54(52)60(58-56(64)55(63)57(59)65-58)44-20-8-10-22-46(44)62(50)42-35-31-40(32-36-42)38-17-5-2-6-18-38/h1-36H. The Morgan fingerprint density at radius 1 is 0.262 bits per heavy atom. The molecule has 0 spiro atoms. The van der Waals surface area contributed by atoms with Gasteiger partial charge in [0.05, 0.1) is 22.7 Å². The third-order valence-corrected chi connectivity index (χ3v) is 15.6. The molecule has 0 radical (unpaired) electrons. The lowest BCUT2D eigenvalue weighted by atomic mass is 9.35. The lowest BCUT2D eigenvalue weighted by molar-refractivity contribution is 1.18. The van der Waals surface area contributed by atoms with Gasteiger partial charge in [0, 0.05) is 55.1 Å². The van der Waals surface area contributed by atoms with E-state index in [0.717, 1.165) is 11.4 Å². The summed E-state index contributed by atoms with van der Waals surface area (Å²) in [7, 11) is 0. The molecular formula is C58H36B2N4S. The fourth-order valence-electron chi connectivity index (χ4n) is 11.7. The Morgan fingerprint density at radius 2 is 0.585 bits per heavy atom. The molecule has 9 aromatic carbocycles. The molecule has 7 heteroatoms. The molecule has 0 saturated heterocycles. The van der Waals surface area contributed by atoms with Gasteiger partial charge in [0.2, 0.25) is 0 Å². The maximum absolute atomic E-state index is 2.61. The number of fused-ring (bicyclic) bond motifs is 11. The number of anilines is 12. The number of nitrogens with zero attached hydrogens (tertiary/aromatic N) is 4. The van der Waals surface area contributed by atoms with Crippen LogP contribution in [0.5, 0.6) is 0 Å². The number of hydrogen-bond acceptors (Lipinski definition) is 5. The second kappa shape index (κ2) is 13.3. The summed E-state index contributed by atoms with van der Waals surface area (Å²) in [4.78, 5) is 10.2. The summed E-state index contributed by atoms with van der Waals surface area (Å²) < 4.78 is 2.82. The minimum absolute atomic E-state index is 0.0623. The van der Waals surface area contributed by atoms with Crippen molar-refractivity contribution in [2.45, 2.75) is 0 Å². The Hall–Kier alpha value is -7.99. The summed E-state index contributed by atoms with van der Waals surface area (Å²) in [5.41, 5.74) is 25.1. The minimum Gasteiger partial charge on any atom is -0.311 e. The molecule has 300 valence electrons. The van der Waals surface area contributed by atoms with Crippen LogP contribution in [0.1, 0.15) is 0 Å². The molecule has 0 unspecified atom stereocenters. The van der Waals surface area contributed by atoms with Crippen LogP contribution in [-0.4, -0.2) is 13.4 Å². The van der Waals surface area contributed by atoms with Gasteiger partial charge >= 0.3 is 0 Å². The molecule has 4 nitrogen and oxygen atoms in total. The van der Waals surface area contributed by atoms with Crippen molar-refractivity contribution < 1.29 is 0 Å². The molecule has 10 aromatic rings. The quantitative estimate of drug-likeness (QED) is 0.164. The summed E-state index contributed by atoms with van der Waals surface area (Å²) in [6.07, 6.45) is 0. The van der Waals surface area contributed by atoms with Crippen LogP contribution in [0.2, 0.25) is 0 Å². The smallest absolute Gasteiger partial charge is 0.264 e. The van der Waals surface area contributed by atoms with Gasteiger partial charge in [0.25, 0.3) is 13.4 Å². The fraction of sp³-hybridized carbons (Fsp3) is 0. The van der Waals surface area contributed by atoms with Gasteiger partial charge in [-0.1, -0.05) is 146 Å². The van der Waals surface area contributed by atoms with Crippen LogP contribution in [0.3, 0.4) is 0 Å². The highest BCUT2D eigenvalue weighted by Gasteiger charge is 2.53. The van der Waals surface area contributed by atoms with E-state index in [4.69, 9.17) is 0 Å². The zero-order valence-corrected chi connectivity index (χ0v) is 36.0. The second-order valence-electron chi connectivity index (χ2n) is 17.6. The van der Waals surface area contributed by atoms with E-state index >= 15 is 0 Å². The number of benzene rings is 9. The predicted molar refractivity (Wildman–Crippen MR) is 277 cm³/mol. The SMILES string of the molecule is c1ccc(-c2ccc(N3c4ccccc4B4c5sc6c7c5N(c5ccccc5N7c5cccc7c5B6c5ccccc5N7c5ccc(-c6ccccc6)cc5)c5cccc3c54)cc2)cc1. The average Bonchev–Trinajstić information content (AvgIpc) is 3.77. The van der Waals surface area contributed by atoms with Gasteiger partial charge in [-0.25, -0.2) is 0 Å². The van der Waals surface area contributed by atoms with Gasteiger partial charge < -0.3 is 19.6 Å². The van der Waals surface area contributed by atoms with Crippen LogP contribution in [0.4, 0.5) is 68.2 Å². The second-order valence-corrected chi connectivity index (χ2v) is 18.7. The Labute approximate surface area is 382 Å². The number of hydrogen-bond donors (Lipinski definition) is 0. The van der Waals surface area contributed by atoms with Crippen molar-refractivity contribution >= 4 is 124 Å². The first-order valence-electron chi connectivity index (χ1n) is 22.5. The number of rotatable bonds is 4. The van der Waals surface area contributed by atoms with E-state index in [1.807, 2.05) is 11.3 Å². The monoisotopic (exact) mass is 842 g/mol. The van der Waals surface area contributed by atoms with E-state index in [-0.39, 0.29) is 13.4 Å². The summed E-state index contributed by atoms with van der Waals surface area (Å²) >= 11 is 2.03. The topological polar surface area (TPSA) is 13.0 Å². The summed E-state index contributed by atoms with van der Waals surface area (Å²) in [5.74, 6) is 0. The lowest BCUT2D eigenvalue weighted by Gasteiger charge is -2.48. The fourth-order valence-corrected chi connectivity index (χ4v) is 13.3. The highest BCUT2D eigenvalue weighted by molar-refractivity contribution is 7.38. The summed E-state index contributed by atoms with van der Waals surface area (Å²) in [6, 6.07) is 80.9. The molecule has 0 N–H and O–H groups in total. The average molecular weight is 843 g/mol. The summed E-state index contributed by atoms with van der Waals surface area (Å²) in [5, 5.41) is 0. The van der Waals surface area contributed by atoms with Crippen molar-refractivity contribution in [3.05, 3.63) is 218 Å². The molecule has 0 fully saturated rings. The molecule has 65 heavy (non-hydrogen) atoms. The van der Waals surface area contributed by atoms with E-state index < -0.39 is 0 Å². The number of thiophene rings is 1. The van der Waals surface area contributed by atoms with Gasteiger partial charge in [0.1, 0.15) is 0 Å². The minimum atomic E-state index is 0.0623. The van der Waals surface area contributed by atoms with Crippen molar-refractivity contribution in [3.8, 4) is 22.3 Å². The first kappa shape index (κ1) is 35.5. The van der Waals surface area contributed by atoms with Gasteiger partial charge in [-0.15, -0.1) is 0 Å². The molecule has 5 aliphatic rings. The van der Waals surface area contributed by atoms with Gasteiger partial charge in [-0.2, -0.15) is 11.3 Å². The zero-order valence-electron chi connectivity index (χ0n) is 35.1. The van der Waals surface area contributed by atoms with Gasteiger partial charge in [-0.3, -0.25) is 0 Å². The molecule has 15 rings (SSSR count). The van der Waals surface area contributed by atoms with Crippen molar-refractivity contribution in [1.29, 1.82) is 0 Å². The van der Waals surface area contributed by atoms with E-state index in [1.165, 1.54) is 111 Å². The van der Waals surface area contributed by atoms with Crippen molar-refractivity contribution in [2.75, 3.05) is 19.6 Å². The van der Waals surface area contributed by atoms with E-state index in [0.29, 0.717) is 0 Å². The Bertz CT molecular complexity index is 3350. The van der Waals surface area contributed by atoms with Crippen LogP contribution < -0.4 is 51.0 Å². The first-order chi connectivity index (χ1) is 32.3. The van der Waals surface area contributed by atoms with Crippen molar-refractivity contribution in [3.63, 3.8) is 0 Å². The molecule has 0 atom stereocenters. The van der Waals surface area contributed by atoms with E-state index in [2.05, 4.69) is 238 Å². The lowest BCUT2D eigenvalue weighted by Crippen LogP contribution is -2.61. The maximum atomic E-state index is 2.61. The van der Waals surface area contributed by atoms with Crippen LogP contribution in [0.15, 0.2) is 218 Å². The number of para-hydroxylation sites is 4. The molecule has 0 amide bonds. The maximum Gasteiger partial charge on any atom is 0.264 e. The molecule has 1 aromatic heterocycles. The van der Waals surface area contributed by atoms with Crippen LogP contribution in [0, 0.1) is 0 Å². The zero-order chi connectivity index (χ0) is 42.3. The largest absolute Gasteiger partial charge is 0.311 e. The van der Waals surface area contributed by atoms with Crippen molar-refractivity contribution in [1.82, 2.24) is 0 Å². The Kier molecular flexibility index (Phi) is 7.24. The van der Waals surface area contributed by atoms with E-state index in [9.17, 15) is 0 Å². The first-order valence-corrected chi connectivity index (χ1v) is 23.3. The molecule has 0 bridgehead atoms. The third-order valence-electron chi connectivity index (χ3n) is 14.3. The molecule has 6 heterocycles. The van der Waals surface area contributed by atoms with Gasteiger partial charge in [-0.05, 0) is 117 Å². The molecule has 5 aliphatic heterocycles.